The van der Waals surface area contributed by atoms with E-state index in [9.17, 15) is 5.11 Å². The van der Waals surface area contributed by atoms with Crippen LogP contribution >= 0.6 is 11.6 Å². The molecule has 0 aliphatic carbocycles. The lowest BCUT2D eigenvalue weighted by Crippen LogP contribution is -2.41. The molecular formula is C13H18ClNO. The van der Waals surface area contributed by atoms with Crippen LogP contribution < -0.4 is 0 Å². The molecule has 1 aromatic rings. The third kappa shape index (κ3) is 2.24. The van der Waals surface area contributed by atoms with E-state index in [1.54, 1.807) is 13.8 Å². The minimum Gasteiger partial charge on any atom is -0.386 e. The highest BCUT2D eigenvalue weighted by molar-refractivity contribution is 6.31. The van der Waals surface area contributed by atoms with Crippen molar-refractivity contribution in [2.75, 3.05) is 20.1 Å². The van der Waals surface area contributed by atoms with Gasteiger partial charge in [-0.05, 0) is 38.1 Å². The summed E-state index contributed by atoms with van der Waals surface area (Å²) in [4.78, 5) is 2.27. The summed E-state index contributed by atoms with van der Waals surface area (Å²) in [6, 6.07) is 5.90. The van der Waals surface area contributed by atoms with Crippen LogP contribution in [0.15, 0.2) is 18.2 Å². The van der Waals surface area contributed by atoms with E-state index >= 15 is 0 Å². The topological polar surface area (TPSA) is 23.5 Å². The Bertz CT molecular complexity index is 391. The van der Waals surface area contributed by atoms with Crippen molar-refractivity contribution >= 4 is 11.6 Å². The van der Waals surface area contributed by atoms with E-state index in [2.05, 4.69) is 11.9 Å². The molecule has 1 N–H and O–H groups in total. The Labute approximate surface area is 102 Å². The third-order valence-corrected chi connectivity index (χ3v) is 3.54. The van der Waals surface area contributed by atoms with Crippen LogP contribution in [0.4, 0.5) is 0 Å². The predicted octanol–water partition coefficient (Wildman–Crippen LogP) is 2.60. The van der Waals surface area contributed by atoms with Gasteiger partial charge in [-0.25, -0.2) is 0 Å². The van der Waals surface area contributed by atoms with Crippen LogP contribution in [0, 0.1) is 0 Å². The number of rotatable bonds is 2. The first-order chi connectivity index (χ1) is 7.38. The molecular weight excluding hydrogens is 222 g/mol. The van der Waals surface area contributed by atoms with Gasteiger partial charge in [-0.3, -0.25) is 0 Å². The van der Waals surface area contributed by atoms with Gasteiger partial charge in [-0.1, -0.05) is 23.7 Å². The second-order valence-corrected chi connectivity index (χ2v) is 5.62. The van der Waals surface area contributed by atoms with Crippen molar-refractivity contribution < 1.29 is 5.11 Å². The first kappa shape index (κ1) is 11.9. The van der Waals surface area contributed by atoms with Gasteiger partial charge in [0.2, 0.25) is 0 Å². The second kappa shape index (κ2) is 4.02. The van der Waals surface area contributed by atoms with Crippen LogP contribution in [0.5, 0.6) is 0 Å². The van der Waals surface area contributed by atoms with Gasteiger partial charge in [0, 0.05) is 24.0 Å². The molecule has 2 nitrogen and oxygen atoms in total. The first-order valence-electron chi connectivity index (χ1n) is 5.59. The minimum atomic E-state index is -0.821. The standard InChI is InChI=1S/C13H18ClNO/c1-13(2,16)10-4-5-11(12(14)6-10)9-7-15(3)8-9/h4-6,9,16H,7-8H2,1-3H3. The summed E-state index contributed by atoms with van der Waals surface area (Å²) in [5.41, 5.74) is 1.25. The van der Waals surface area contributed by atoms with Crippen molar-refractivity contribution in [3.05, 3.63) is 34.3 Å². The van der Waals surface area contributed by atoms with Crippen molar-refractivity contribution in [2.45, 2.75) is 25.4 Å². The molecule has 1 heterocycles. The molecule has 1 fully saturated rings. The van der Waals surface area contributed by atoms with Gasteiger partial charge in [-0.2, -0.15) is 0 Å². The van der Waals surface area contributed by atoms with E-state index in [1.165, 1.54) is 5.56 Å². The lowest BCUT2D eigenvalue weighted by atomic mass is 9.89. The maximum absolute atomic E-state index is 9.89. The van der Waals surface area contributed by atoms with Crippen LogP contribution in [0.2, 0.25) is 5.02 Å². The van der Waals surface area contributed by atoms with Crippen molar-refractivity contribution in [3.8, 4) is 0 Å². The van der Waals surface area contributed by atoms with Gasteiger partial charge in [0.25, 0.3) is 0 Å². The summed E-state index contributed by atoms with van der Waals surface area (Å²) in [5.74, 6) is 0.549. The Morgan fingerprint density at radius 2 is 2.00 bits per heavy atom. The molecule has 0 atom stereocenters. The molecule has 3 heteroatoms. The molecule has 2 rings (SSSR count). The SMILES string of the molecule is CN1CC(c2ccc(C(C)(C)O)cc2Cl)C1. The number of hydrogen-bond donors (Lipinski definition) is 1. The van der Waals surface area contributed by atoms with Crippen LogP contribution in [0.3, 0.4) is 0 Å². The average molecular weight is 240 g/mol. The molecule has 1 saturated heterocycles. The predicted molar refractivity (Wildman–Crippen MR) is 66.9 cm³/mol. The first-order valence-corrected chi connectivity index (χ1v) is 5.96. The molecule has 0 bridgehead atoms. The number of aliphatic hydroxyl groups is 1. The molecule has 0 radical (unpaired) electrons. The summed E-state index contributed by atoms with van der Waals surface area (Å²) >= 11 is 6.26. The molecule has 1 aliphatic rings. The zero-order valence-electron chi connectivity index (χ0n) is 10.00. The molecule has 16 heavy (non-hydrogen) atoms. The number of halogens is 1. The highest BCUT2D eigenvalue weighted by Crippen LogP contribution is 2.33. The van der Waals surface area contributed by atoms with E-state index in [0.717, 1.165) is 23.7 Å². The number of hydrogen-bond acceptors (Lipinski definition) is 2. The van der Waals surface area contributed by atoms with Gasteiger partial charge < -0.3 is 10.0 Å². The van der Waals surface area contributed by atoms with Gasteiger partial charge in [-0.15, -0.1) is 0 Å². The normalized spacial score (nSPS) is 18.6. The largest absolute Gasteiger partial charge is 0.386 e. The number of nitrogens with zero attached hydrogens (tertiary/aromatic N) is 1. The number of benzene rings is 1. The van der Waals surface area contributed by atoms with E-state index in [0.29, 0.717) is 5.92 Å². The fourth-order valence-corrected chi connectivity index (χ4v) is 2.47. The van der Waals surface area contributed by atoms with Crippen LogP contribution in [0.25, 0.3) is 0 Å². The lowest BCUT2D eigenvalue weighted by molar-refractivity contribution is 0.0785. The second-order valence-electron chi connectivity index (χ2n) is 5.21. The Morgan fingerprint density at radius 3 is 2.44 bits per heavy atom. The highest BCUT2D eigenvalue weighted by Gasteiger charge is 2.27. The van der Waals surface area contributed by atoms with Crippen molar-refractivity contribution in [2.24, 2.45) is 0 Å². The van der Waals surface area contributed by atoms with Crippen LogP contribution in [-0.4, -0.2) is 30.1 Å². The quantitative estimate of drug-likeness (QED) is 0.858. The zero-order valence-corrected chi connectivity index (χ0v) is 10.8. The monoisotopic (exact) mass is 239 g/mol. The van der Waals surface area contributed by atoms with Gasteiger partial charge in [0.1, 0.15) is 0 Å². The molecule has 0 unspecified atom stereocenters. The number of likely N-dealkylation sites (tertiary alicyclic amines) is 1. The summed E-state index contributed by atoms with van der Waals surface area (Å²) in [5, 5.41) is 10.7. The minimum absolute atomic E-state index is 0.549. The fraction of sp³-hybridized carbons (Fsp3) is 0.538. The van der Waals surface area contributed by atoms with E-state index in [4.69, 9.17) is 11.6 Å². The van der Waals surface area contributed by atoms with Crippen LogP contribution in [0.1, 0.15) is 30.9 Å². The molecule has 88 valence electrons. The van der Waals surface area contributed by atoms with Gasteiger partial charge >= 0.3 is 0 Å². The van der Waals surface area contributed by atoms with E-state index in [1.807, 2.05) is 18.2 Å². The summed E-state index contributed by atoms with van der Waals surface area (Å²) in [6.45, 7) is 5.69. The third-order valence-electron chi connectivity index (χ3n) is 3.21. The lowest BCUT2D eigenvalue weighted by Gasteiger charge is -2.37. The van der Waals surface area contributed by atoms with E-state index < -0.39 is 5.60 Å². The molecule has 0 amide bonds. The highest BCUT2D eigenvalue weighted by atomic mass is 35.5. The Balaban J connectivity index is 2.24. The molecule has 1 aliphatic heterocycles. The Morgan fingerprint density at radius 1 is 1.38 bits per heavy atom. The Kier molecular flexibility index (Phi) is 2.99. The average Bonchev–Trinajstić information content (AvgIpc) is 2.12. The smallest absolute Gasteiger partial charge is 0.0841 e. The molecule has 1 aromatic carbocycles. The van der Waals surface area contributed by atoms with Crippen molar-refractivity contribution in [1.29, 1.82) is 0 Å². The van der Waals surface area contributed by atoms with Crippen LogP contribution in [-0.2, 0) is 5.60 Å². The summed E-state index contributed by atoms with van der Waals surface area (Å²) in [6.07, 6.45) is 0. The Hall–Kier alpha value is -0.570. The zero-order chi connectivity index (χ0) is 11.9. The summed E-state index contributed by atoms with van der Waals surface area (Å²) < 4.78 is 0. The molecule has 0 saturated carbocycles. The van der Waals surface area contributed by atoms with Gasteiger partial charge in [0.15, 0.2) is 0 Å². The van der Waals surface area contributed by atoms with E-state index in [-0.39, 0.29) is 0 Å². The molecule has 0 aromatic heterocycles. The van der Waals surface area contributed by atoms with Gasteiger partial charge in [0.05, 0.1) is 5.60 Å². The van der Waals surface area contributed by atoms with Crippen molar-refractivity contribution in [3.63, 3.8) is 0 Å². The summed E-state index contributed by atoms with van der Waals surface area (Å²) in [7, 11) is 2.11. The maximum atomic E-state index is 9.89. The maximum Gasteiger partial charge on any atom is 0.0841 e. The fourth-order valence-electron chi connectivity index (χ4n) is 2.13. The molecule has 0 spiro atoms. The number of likely N-dealkylation sites (N-methyl/N-ethyl adjacent to an activating group) is 1. The van der Waals surface area contributed by atoms with Crippen molar-refractivity contribution in [1.82, 2.24) is 4.90 Å².